The Balaban J connectivity index is 1.77. The molecule has 11 nitrogen and oxygen atoms in total. The largest absolute Gasteiger partial charge is 0.490 e. The number of ether oxygens (including phenoxy) is 2. The number of nitrogens with one attached hydrogen (secondary N) is 3. The van der Waals surface area contributed by atoms with Crippen LogP contribution in [0.4, 0.5) is 11.4 Å². The lowest BCUT2D eigenvalue weighted by atomic mass is 10.0. The van der Waals surface area contributed by atoms with E-state index in [2.05, 4.69) is 10.3 Å². The summed E-state index contributed by atoms with van der Waals surface area (Å²) in [5.41, 5.74) is -0.699. The molecule has 1 amide bonds. The highest BCUT2D eigenvalue weighted by Gasteiger charge is 2.19. The van der Waals surface area contributed by atoms with E-state index in [1.807, 2.05) is 43.1 Å². The fourth-order valence-electron chi connectivity index (χ4n) is 3.44. The Kier molecular flexibility index (Phi) is 8.39. The molecule has 1 heterocycles. The fraction of sp³-hybridized carbons (Fsp3) is 0.240. The molecule has 188 valence electrons. The summed E-state index contributed by atoms with van der Waals surface area (Å²) >= 11 is 0. The second-order valence-corrected chi connectivity index (χ2v) is 7.98. The predicted molar refractivity (Wildman–Crippen MR) is 136 cm³/mol. The molecule has 0 radical (unpaired) electrons. The number of rotatable bonds is 10. The number of aromatic nitrogens is 2. The van der Waals surface area contributed by atoms with Crippen LogP contribution in [-0.4, -0.2) is 34.0 Å². The minimum Gasteiger partial charge on any atom is -0.490 e. The van der Waals surface area contributed by atoms with Crippen molar-refractivity contribution in [2.24, 2.45) is 0 Å². The van der Waals surface area contributed by atoms with Crippen LogP contribution in [0, 0.1) is 10.1 Å². The van der Waals surface area contributed by atoms with Gasteiger partial charge in [0.25, 0.3) is 5.91 Å². The number of carbonyl (C=O) groups excluding carboxylic acids is 1. The second-order valence-electron chi connectivity index (χ2n) is 7.98. The van der Waals surface area contributed by atoms with Gasteiger partial charge in [0.05, 0.1) is 11.5 Å². The predicted octanol–water partition coefficient (Wildman–Crippen LogP) is 3.68. The standard InChI is InChI=1S/C25H26N4O7/c1-4-35-21-13-16(9-11-19-23(29(33)34)24(31)28-25(32)27-19)10-12-20(21)36-14-22(30)26-18-8-6-5-7-17(18)15(2)3/h5-13,15H,4,14H2,1-3H3,(H,26,30)(H2,27,28,31,32)/b11-9-. The molecule has 0 saturated carbocycles. The van der Waals surface area contributed by atoms with Crippen molar-refractivity contribution < 1.29 is 19.2 Å². The highest BCUT2D eigenvalue weighted by molar-refractivity contribution is 5.92. The maximum atomic E-state index is 12.5. The van der Waals surface area contributed by atoms with Gasteiger partial charge in [-0.05, 0) is 48.2 Å². The Morgan fingerprint density at radius 2 is 1.83 bits per heavy atom. The molecule has 0 spiro atoms. The molecule has 3 N–H and O–H groups in total. The van der Waals surface area contributed by atoms with Crippen LogP contribution in [0.1, 0.15) is 43.5 Å². The van der Waals surface area contributed by atoms with E-state index in [-0.39, 0.29) is 24.1 Å². The van der Waals surface area contributed by atoms with Crippen molar-refractivity contribution in [3.05, 3.63) is 90.2 Å². The third kappa shape index (κ3) is 6.47. The van der Waals surface area contributed by atoms with Crippen molar-refractivity contribution in [2.45, 2.75) is 26.7 Å². The van der Waals surface area contributed by atoms with E-state index in [1.54, 1.807) is 25.1 Å². The monoisotopic (exact) mass is 494 g/mol. The molecule has 1 aromatic heterocycles. The van der Waals surface area contributed by atoms with Gasteiger partial charge in [-0.3, -0.25) is 24.7 Å². The average molecular weight is 495 g/mol. The van der Waals surface area contributed by atoms with Crippen LogP contribution in [0.15, 0.2) is 52.1 Å². The van der Waals surface area contributed by atoms with Gasteiger partial charge in [-0.2, -0.15) is 0 Å². The highest BCUT2D eigenvalue weighted by atomic mass is 16.6. The van der Waals surface area contributed by atoms with Crippen molar-refractivity contribution in [3.63, 3.8) is 0 Å². The van der Waals surface area contributed by atoms with E-state index in [0.29, 0.717) is 23.7 Å². The SMILES string of the molecule is CCOc1cc(/C=C\c2[nH]c(=O)[nH]c(=O)c2[N+](=O)[O-])ccc1OCC(=O)Nc1ccccc1C(C)C. The van der Waals surface area contributed by atoms with Gasteiger partial charge < -0.3 is 19.8 Å². The van der Waals surface area contributed by atoms with Crippen LogP contribution in [0.5, 0.6) is 11.5 Å². The second kappa shape index (κ2) is 11.6. The first-order valence-corrected chi connectivity index (χ1v) is 11.2. The van der Waals surface area contributed by atoms with E-state index >= 15 is 0 Å². The number of carbonyl (C=O) groups is 1. The molecule has 0 aliphatic carbocycles. The number of para-hydroxylation sites is 1. The smallest absolute Gasteiger partial charge is 0.357 e. The molecule has 0 aliphatic heterocycles. The maximum absolute atomic E-state index is 12.5. The molecule has 3 rings (SSSR count). The van der Waals surface area contributed by atoms with Gasteiger partial charge in [-0.15, -0.1) is 0 Å². The normalized spacial score (nSPS) is 11.0. The minimum atomic E-state index is -1.10. The summed E-state index contributed by atoms with van der Waals surface area (Å²) in [5.74, 6) is 0.585. The number of anilines is 1. The van der Waals surface area contributed by atoms with E-state index in [4.69, 9.17) is 9.47 Å². The van der Waals surface area contributed by atoms with Gasteiger partial charge in [0.15, 0.2) is 18.1 Å². The van der Waals surface area contributed by atoms with Gasteiger partial charge in [-0.25, -0.2) is 4.79 Å². The molecule has 3 aromatic rings. The lowest BCUT2D eigenvalue weighted by molar-refractivity contribution is -0.386. The average Bonchev–Trinajstić information content (AvgIpc) is 2.81. The summed E-state index contributed by atoms with van der Waals surface area (Å²) in [6, 6.07) is 12.4. The van der Waals surface area contributed by atoms with Crippen molar-refractivity contribution in [1.29, 1.82) is 0 Å². The zero-order chi connectivity index (χ0) is 26.2. The summed E-state index contributed by atoms with van der Waals surface area (Å²) < 4.78 is 11.3. The zero-order valence-corrected chi connectivity index (χ0v) is 20.0. The molecule has 0 aliphatic rings. The topological polar surface area (TPSA) is 156 Å². The molecule has 0 atom stereocenters. The van der Waals surface area contributed by atoms with E-state index in [0.717, 1.165) is 11.3 Å². The summed E-state index contributed by atoms with van der Waals surface area (Å²) in [7, 11) is 0. The van der Waals surface area contributed by atoms with Gasteiger partial charge in [0, 0.05) is 5.69 Å². The molecule has 0 bridgehead atoms. The molecular weight excluding hydrogens is 468 g/mol. The first-order chi connectivity index (χ1) is 17.2. The van der Waals surface area contributed by atoms with Crippen LogP contribution in [0.3, 0.4) is 0 Å². The number of nitro groups is 1. The molecular formula is C25H26N4O7. The first-order valence-electron chi connectivity index (χ1n) is 11.2. The Morgan fingerprint density at radius 1 is 1.08 bits per heavy atom. The molecule has 36 heavy (non-hydrogen) atoms. The number of aromatic amines is 2. The third-order valence-corrected chi connectivity index (χ3v) is 5.05. The Labute approximate surface area is 205 Å². The fourth-order valence-corrected chi connectivity index (χ4v) is 3.44. The molecule has 0 saturated heterocycles. The summed E-state index contributed by atoms with van der Waals surface area (Å²) in [6.07, 6.45) is 2.72. The number of hydrogen-bond acceptors (Lipinski definition) is 7. The van der Waals surface area contributed by atoms with E-state index in [9.17, 15) is 24.5 Å². The quantitative estimate of drug-likeness (QED) is 0.287. The molecule has 0 fully saturated rings. The van der Waals surface area contributed by atoms with Crippen molar-refractivity contribution in [1.82, 2.24) is 9.97 Å². The molecule has 11 heteroatoms. The third-order valence-electron chi connectivity index (χ3n) is 5.05. The summed E-state index contributed by atoms with van der Waals surface area (Å²) in [4.78, 5) is 50.2. The van der Waals surface area contributed by atoms with Crippen molar-refractivity contribution >= 4 is 29.4 Å². The van der Waals surface area contributed by atoms with Crippen LogP contribution in [-0.2, 0) is 4.79 Å². The molecule has 2 aromatic carbocycles. The Hall–Kier alpha value is -4.67. The van der Waals surface area contributed by atoms with Gasteiger partial charge in [-0.1, -0.05) is 44.2 Å². The first kappa shape index (κ1) is 25.9. The number of H-pyrrole nitrogens is 2. The maximum Gasteiger partial charge on any atom is 0.357 e. The van der Waals surface area contributed by atoms with Crippen LogP contribution in [0.2, 0.25) is 0 Å². The van der Waals surface area contributed by atoms with E-state index < -0.39 is 21.9 Å². The van der Waals surface area contributed by atoms with E-state index in [1.165, 1.54) is 12.2 Å². The number of amides is 1. The van der Waals surface area contributed by atoms with Crippen LogP contribution >= 0.6 is 0 Å². The Morgan fingerprint density at radius 3 is 2.53 bits per heavy atom. The molecule has 0 unspecified atom stereocenters. The highest BCUT2D eigenvalue weighted by Crippen LogP contribution is 2.30. The van der Waals surface area contributed by atoms with Crippen LogP contribution in [0.25, 0.3) is 12.2 Å². The lowest BCUT2D eigenvalue weighted by Gasteiger charge is -2.15. The van der Waals surface area contributed by atoms with Crippen LogP contribution < -0.4 is 26.0 Å². The van der Waals surface area contributed by atoms with Crippen molar-refractivity contribution in [3.8, 4) is 11.5 Å². The summed E-state index contributed by atoms with van der Waals surface area (Å²) in [5, 5.41) is 14.1. The number of nitrogens with zero attached hydrogens (tertiary/aromatic N) is 1. The van der Waals surface area contributed by atoms with Gasteiger partial charge in [0.2, 0.25) is 0 Å². The Bertz CT molecular complexity index is 1410. The number of benzene rings is 2. The zero-order valence-electron chi connectivity index (χ0n) is 20.0. The number of hydrogen-bond donors (Lipinski definition) is 3. The summed E-state index contributed by atoms with van der Waals surface area (Å²) in [6.45, 7) is 5.94. The van der Waals surface area contributed by atoms with Gasteiger partial charge >= 0.3 is 16.9 Å². The van der Waals surface area contributed by atoms with Gasteiger partial charge in [0.1, 0.15) is 5.69 Å². The lowest BCUT2D eigenvalue weighted by Crippen LogP contribution is -2.25. The van der Waals surface area contributed by atoms with Crippen molar-refractivity contribution in [2.75, 3.05) is 18.5 Å². The minimum absolute atomic E-state index is 0.237.